The van der Waals surface area contributed by atoms with Crippen LogP contribution in [-0.4, -0.2) is 40.1 Å². The van der Waals surface area contributed by atoms with Gasteiger partial charge in [0.1, 0.15) is 5.76 Å². The zero-order valence-electron chi connectivity index (χ0n) is 16.2. The van der Waals surface area contributed by atoms with E-state index in [0.29, 0.717) is 21.7 Å². The molecule has 1 spiro atoms. The molecule has 2 saturated carbocycles. The van der Waals surface area contributed by atoms with Crippen molar-refractivity contribution < 1.29 is 23.5 Å². The molecule has 158 valence electrons. The molecule has 9 heteroatoms. The predicted molar refractivity (Wildman–Crippen MR) is 111 cm³/mol. The molecular formula is C20H26N2O5S2. The highest BCUT2D eigenvalue weighted by Crippen LogP contribution is 2.64. The van der Waals surface area contributed by atoms with Gasteiger partial charge in [0.05, 0.1) is 22.8 Å². The van der Waals surface area contributed by atoms with E-state index in [1.54, 1.807) is 12.1 Å². The average molecular weight is 439 g/mol. The lowest BCUT2D eigenvalue weighted by molar-refractivity contribution is -0.155. The van der Waals surface area contributed by atoms with Crippen molar-refractivity contribution in [1.29, 1.82) is 0 Å². The summed E-state index contributed by atoms with van der Waals surface area (Å²) in [6.45, 7) is -0.262. The molecule has 2 N–H and O–H groups in total. The van der Waals surface area contributed by atoms with Crippen LogP contribution >= 0.6 is 23.5 Å². The normalized spacial score (nSPS) is 27.4. The number of urea groups is 1. The molecule has 1 saturated heterocycles. The van der Waals surface area contributed by atoms with Crippen LogP contribution in [0.1, 0.15) is 37.9 Å². The number of ether oxygens (including phenoxy) is 1. The first-order chi connectivity index (χ1) is 14.1. The Morgan fingerprint density at radius 1 is 1.17 bits per heavy atom. The summed E-state index contributed by atoms with van der Waals surface area (Å²) in [7, 11) is 0. The summed E-state index contributed by atoms with van der Waals surface area (Å²) in [5.74, 6) is 3.00. The second-order valence-electron chi connectivity index (χ2n) is 7.83. The van der Waals surface area contributed by atoms with Crippen molar-refractivity contribution in [3.63, 3.8) is 0 Å². The van der Waals surface area contributed by atoms with E-state index >= 15 is 0 Å². The van der Waals surface area contributed by atoms with Crippen LogP contribution in [0.2, 0.25) is 0 Å². The molecule has 0 radical (unpaired) electrons. The maximum atomic E-state index is 12.6. The number of furan rings is 1. The fourth-order valence-corrected chi connectivity index (χ4v) is 8.78. The van der Waals surface area contributed by atoms with E-state index in [1.165, 1.54) is 37.0 Å². The molecule has 3 aliphatic rings. The molecule has 2 aliphatic carbocycles. The molecule has 2 unspecified atom stereocenters. The van der Waals surface area contributed by atoms with Crippen LogP contribution < -0.4 is 10.6 Å². The van der Waals surface area contributed by atoms with Gasteiger partial charge in [-0.15, -0.1) is 23.5 Å². The third-order valence-electron chi connectivity index (χ3n) is 6.06. The van der Waals surface area contributed by atoms with Crippen molar-refractivity contribution in [3.8, 4) is 0 Å². The van der Waals surface area contributed by atoms with Crippen molar-refractivity contribution in [3.05, 3.63) is 24.2 Å². The number of rotatable bonds is 5. The maximum absolute atomic E-state index is 12.6. The van der Waals surface area contributed by atoms with E-state index in [2.05, 4.69) is 34.2 Å². The van der Waals surface area contributed by atoms with Crippen molar-refractivity contribution in [2.24, 2.45) is 17.8 Å². The highest BCUT2D eigenvalue weighted by molar-refractivity contribution is 8.21. The Morgan fingerprint density at radius 3 is 2.55 bits per heavy atom. The van der Waals surface area contributed by atoms with Gasteiger partial charge in [-0.2, -0.15) is 0 Å². The molecule has 3 amide bonds. The van der Waals surface area contributed by atoms with Gasteiger partial charge in [-0.05, 0) is 49.7 Å². The number of nitrogens with one attached hydrogen (secondary N) is 2. The number of thioether (sulfide) groups is 2. The molecule has 2 heterocycles. The van der Waals surface area contributed by atoms with E-state index in [0.717, 1.165) is 12.8 Å². The molecular weight excluding hydrogens is 412 g/mol. The van der Waals surface area contributed by atoms with Crippen LogP contribution in [0.4, 0.5) is 4.79 Å². The number of hydrogen-bond donors (Lipinski definition) is 2. The van der Waals surface area contributed by atoms with Crippen LogP contribution in [0.25, 0.3) is 0 Å². The molecule has 29 heavy (non-hydrogen) atoms. The standard InChI is InChI=1S/C20H26N2O5S2/c23-17(22-19(25)21-11-16-5-2-6-26-16)12-27-18(24)13-9-14-3-1-4-15(10-13)20(14)28-7-8-29-20/h2,5-6,13-15H,1,3-4,7-12H2,(H2,21,22,23,25). The number of hydrogen-bond acceptors (Lipinski definition) is 7. The van der Waals surface area contributed by atoms with Gasteiger partial charge < -0.3 is 14.5 Å². The third kappa shape index (κ3) is 4.60. The van der Waals surface area contributed by atoms with Gasteiger partial charge in [-0.25, -0.2) is 4.79 Å². The van der Waals surface area contributed by atoms with Gasteiger partial charge in [0.25, 0.3) is 5.91 Å². The predicted octanol–water partition coefficient (Wildman–Crippen LogP) is 3.15. The van der Waals surface area contributed by atoms with Crippen molar-refractivity contribution >= 4 is 41.4 Å². The molecule has 1 aromatic heterocycles. The van der Waals surface area contributed by atoms with Gasteiger partial charge in [0, 0.05) is 11.5 Å². The van der Waals surface area contributed by atoms with Gasteiger partial charge in [-0.1, -0.05) is 6.42 Å². The first-order valence-corrected chi connectivity index (χ1v) is 12.1. The van der Waals surface area contributed by atoms with E-state index in [1.807, 2.05) is 0 Å². The molecule has 2 atom stereocenters. The van der Waals surface area contributed by atoms with E-state index in [-0.39, 0.29) is 18.4 Å². The summed E-state index contributed by atoms with van der Waals surface area (Å²) in [6, 6.07) is 2.79. The number of carbonyl (C=O) groups is 3. The Bertz CT molecular complexity index is 732. The fourth-order valence-electron chi connectivity index (χ4n) is 4.84. The first kappa shape index (κ1) is 20.7. The lowest BCUT2D eigenvalue weighted by atomic mass is 9.67. The molecule has 2 bridgehead atoms. The minimum Gasteiger partial charge on any atom is -0.467 e. The molecule has 4 rings (SSSR count). The second kappa shape index (κ2) is 9.04. The minimum absolute atomic E-state index is 0.140. The Balaban J connectivity index is 1.21. The van der Waals surface area contributed by atoms with Gasteiger partial charge >= 0.3 is 12.0 Å². The SMILES string of the molecule is O=C(COC(=O)C1CC2CCCC(C1)C21SCCS1)NC(=O)NCc1ccco1. The third-order valence-corrected chi connectivity index (χ3v) is 10.1. The van der Waals surface area contributed by atoms with Gasteiger partial charge in [0.15, 0.2) is 6.61 Å². The summed E-state index contributed by atoms with van der Waals surface area (Å²) in [5.41, 5.74) is 0. The van der Waals surface area contributed by atoms with Gasteiger partial charge in [0.2, 0.25) is 0 Å². The Labute approximate surface area is 178 Å². The monoisotopic (exact) mass is 438 g/mol. The Hall–Kier alpha value is -1.61. The lowest BCUT2D eigenvalue weighted by Gasteiger charge is -2.51. The fraction of sp³-hybridized carbons (Fsp3) is 0.650. The van der Waals surface area contributed by atoms with Crippen LogP contribution in [0, 0.1) is 17.8 Å². The lowest BCUT2D eigenvalue weighted by Crippen LogP contribution is -2.48. The summed E-state index contributed by atoms with van der Waals surface area (Å²) in [4.78, 5) is 36.2. The number of carbonyl (C=O) groups excluding carboxylic acids is 3. The average Bonchev–Trinajstić information content (AvgIpc) is 3.37. The molecule has 3 fully saturated rings. The largest absolute Gasteiger partial charge is 0.467 e. The molecule has 1 aliphatic heterocycles. The number of amides is 3. The van der Waals surface area contributed by atoms with Crippen molar-refractivity contribution in [2.45, 2.75) is 42.7 Å². The zero-order valence-corrected chi connectivity index (χ0v) is 17.8. The molecule has 0 aromatic carbocycles. The van der Waals surface area contributed by atoms with Crippen LogP contribution in [0.15, 0.2) is 22.8 Å². The Morgan fingerprint density at radius 2 is 1.90 bits per heavy atom. The van der Waals surface area contributed by atoms with Gasteiger partial charge in [-0.3, -0.25) is 14.9 Å². The van der Waals surface area contributed by atoms with Crippen molar-refractivity contribution in [2.75, 3.05) is 18.1 Å². The minimum atomic E-state index is -0.646. The smallest absolute Gasteiger partial charge is 0.321 e. The quantitative estimate of drug-likeness (QED) is 0.682. The van der Waals surface area contributed by atoms with E-state index < -0.39 is 18.5 Å². The molecule has 1 aromatic rings. The number of imide groups is 1. The van der Waals surface area contributed by atoms with Crippen LogP contribution in [0.5, 0.6) is 0 Å². The zero-order chi connectivity index (χ0) is 20.3. The van der Waals surface area contributed by atoms with E-state index in [9.17, 15) is 14.4 Å². The number of esters is 1. The molecule has 7 nitrogen and oxygen atoms in total. The van der Waals surface area contributed by atoms with Crippen LogP contribution in [0.3, 0.4) is 0 Å². The summed E-state index contributed by atoms with van der Waals surface area (Å²) < 4.78 is 10.7. The first-order valence-electron chi connectivity index (χ1n) is 10.1. The Kier molecular flexibility index (Phi) is 6.44. The summed E-state index contributed by atoms with van der Waals surface area (Å²) in [5, 5.41) is 4.68. The highest BCUT2D eigenvalue weighted by Gasteiger charge is 2.55. The summed E-state index contributed by atoms with van der Waals surface area (Å²) in [6.07, 6.45) is 6.80. The van der Waals surface area contributed by atoms with Crippen LogP contribution in [-0.2, 0) is 20.9 Å². The maximum Gasteiger partial charge on any atom is 0.321 e. The highest BCUT2D eigenvalue weighted by atomic mass is 32.2. The van der Waals surface area contributed by atoms with Crippen molar-refractivity contribution in [1.82, 2.24) is 10.6 Å². The summed E-state index contributed by atoms with van der Waals surface area (Å²) >= 11 is 4.19. The second-order valence-corrected chi connectivity index (χ2v) is 10.8. The topological polar surface area (TPSA) is 97.6 Å². The van der Waals surface area contributed by atoms with E-state index in [4.69, 9.17) is 9.15 Å².